The monoisotopic (exact) mass is 285 g/mol. The largest absolute Gasteiger partial charge is 0.416 e. The summed E-state index contributed by atoms with van der Waals surface area (Å²) in [5.74, 6) is -0.532. The number of benzene rings is 1. The molecular weight excluding hydrogens is 271 g/mol. The van der Waals surface area contributed by atoms with Gasteiger partial charge >= 0.3 is 6.18 Å². The Balaban J connectivity index is 2.04. The molecule has 1 saturated carbocycles. The highest BCUT2D eigenvalue weighted by molar-refractivity contribution is 5.98. The lowest BCUT2D eigenvalue weighted by Crippen LogP contribution is -2.42. The average molecular weight is 285 g/mol. The summed E-state index contributed by atoms with van der Waals surface area (Å²) >= 11 is 0. The van der Waals surface area contributed by atoms with Crippen LogP contribution in [0.2, 0.25) is 0 Å². The van der Waals surface area contributed by atoms with Crippen molar-refractivity contribution in [1.29, 1.82) is 0 Å². The zero-order valence-corrected chi connectivity index (χ0v) is 10.7. The molecule has 0 radical (unpaired) electrons. The molecule has 0 saturated heterocycles. The second-order valence-electron chi connectivity index (χ2n) is 4.81. The van der Waals surface area contributed by atoms with Crippen LogP contribution in [0.5, 0.6) is 0 Å². The van der Waals surface area contributed by atoms with Crippen LogP contribution in [-0.4, -0.2) is 17.7 Å². The van der Waals surface area contributed by atoms with Crippen LogP contribution < -0.4 is 5.32 Å². The molecule has 1 aromatic carbocycles. The molecule has 1 aliphatic carbocycles. The predicted molar refractivity (Wildman–Crippen MR) is 66.2 cm³/mol. The first kappa shape index (κ1) is 14.6. The highest BCUT2D eigenvalue weighted by Gasteiger charge is 2.30. The summed E-state index contributed by atoms with van der Waals surface area (Å²) in [5.41, 5.74) is -0.681. The smallest absolute Gasteiger partial charge is 0.342 e. The molecule has 1 N–H and O–H groups in total. The van der Waals surface area contributed by atoms with Gasteiger partial charge in [-0.25, -0.2) is 0 Å². The van der Waals surface area contributed by atoms with Gasteiger partial charge in [-0.15, -0.1) is 0 Å². The number of carbonyl (C=O) groups is 2. The van der Waals surface area contributed by atoms with Crippen molar-refractivity contribution in [3.8, 4) is 0 Å². The third kappa shape index (κ3) is 3.37. The van der Waals surface area contributed by atoms with E-state index in [1.54, 1.807) is 0 Å². The zero-order chi connectivity index (χ0) is 14.8. The van der Waals surface area contributed by atoms with Crippen molar-refractivity contribution >= 4 is 11.7 Å². The van der Waals surface area contributed by atoms with E-state index in [1.165, 1.54) is 0 Å². The summed E-state index contributed by atoms with van der Waals surface area (Å²) in [4.78, 5) is 23.5. The standard InChI is InChI=1S/C14H14F3NO2/c15-14(16,17)10-7-5-9(6-8-10)13(20)18-11-3-1-2-4-12(11)19/h5-8,11H,1-4H2,(H,18,20). The Morgan fingerprint density at radius 3 is 2.35 bits per heavy atom. The lowest BCUT2D eigenvalue weighted by atomic mass is 9.94. The fraction of sp³-hybridized carbons (Fsp3) is 0.429. The molecule has 1 atom stereocenters. The fourth-order valence-corrected chi connectivity index (χ4v) is 2.19. The molecule has 0 bridgehead atoms. The minimum Gasteiger partial charge on any atom is -0.342 e. The van der Waals surface area contributed by atoms with Crippen molar-refractivity contribution < 1.29 is 22.8 Å². The Morgan fingerprint density at radius 1 is 1.15 bits per heavy atom. The number of carbonyl (C=O) groups excluding carboxylic acids is 2. The van der Waals surface area contributed by atoms with Gasteiger partial charge in [-0.1, -0.05) is 6.42 Å². The Labute approximate surface area is 114 Å². The van der Waals surface area contributed by atoms with Crippen molar-refractivity contribution in [2.45, 2.75) is 37.9 Å². The van der Waals surface area contributed by atoms with Gasteiger partial charge < -0.3 is 5.32 Å². The molecule has 0 aliphatic heterocycles. The summed E-state index contributed by atoms with van der Waals surface area (Å²) in [5, 5.41) is 2.57. The minimum atomic E-state index is -4.42. The molecule has 1 aliphatic rings. The first-order valence-corrected chi connectivity index (χ1v) is 6.39. The Morgan fingerprint density at radius 2 is 1.80 bits per heavy atom. The first-order chi connectivity index (χ1) is 9.38. The maximum absolute atomic E-state index is 12.4. The number of ketones is 1. The highest BCUT2D eigenvalue weighted by atomic mass is 19.4. The molecule has 0 heterocycles. The van der Waals surface area contributed by atoms with Crippen LogP contribution in [0, 0.1) is 0 Å². The Kier molecular flexibility index (Phi) is 4.11. The van der Waals surface area contributed by atoms with Gasteiger partial charge in [0.1, 0.15) is 0 Å². The molecule has 1 amide bonds. The van der Waals surface area contributed by atoms with Crippen LogP contribution in [0.25, 0.3) is 0 Å². The van der Waals surface area contributed by atoms with Crippen LogP contribution in [0.3, 0.4) is 0 Å². The van der Waals surface area contributed by atoms with Crippen molar-refractivity contribution in [3.05, 3.63) is 35.4 Å². The van der Waals surface area contributed by atoms with Gasteiger partial charge in [0.15, 0.2) is 5.78 Å². The van der Waals surface area contributed by atoms with E-state index in [-0.39, 0.29) is 11.3 Å². The molecular formula is C14H14F3NO2. The van der Waals surface area contributed by atoms with Gasteiger partial charge in [0.25, 0.3) is 5.91 Å². The van der Waals surface area contributed by atoms with Crippen molar-refractivity contribution in [1.82, 2.24) is 5.32 Å². The van der Waals surface area contributed by atoms with Crippen molar-refractivity contribution in [3.63, 3.8) is 0 Å². The topological polar surface area (TPSA) is 46.2 Å². The van der Waals surface area contributed by atoms with E-state index in [2.05, 4.69) is 5.32 Å². The van der Waals surface area contributed by atoms with E-state index < -0.39 is 23.7 Å². The van der Waals surface area contributed by atoms with Gasteiger partial charge in [-0.2, -0.15) is 13.2 Å². The maximum atomic E-state index is 12.4. The van der Waals surface area contributed by atoms with E-state index in [0.717, 1.165) is 37.1 Å². The molecule has 3 nitrogen and oxygen atoms in total. The van der Waals surface area contributed by atoms with Gasteiger partial charge in [0.05, 0.1) is 11.6 Å². The molecule has 2 rings (SSSR count). The van der Waals surface area contributed by atoms with Crippen LogP contribution >= 0.6 is 0 Å². The van der Waals surface area contributed by atoms with Gasteiger partial charge in [-0.3, -0.25) is 9.59 Å². The van der Waals surface area contributed by atoms with Crippen LogP contribution in [0.1, 0.15) is 41.6 Å². The summed E-state index contributed by atoms with van der Waals surface area (Å²) in [6.45, 7) is 0. The van der Waals surface area contributed by atoms with Gasteiger partial charge in [0.2, 0.25) is 0 Å². The molecule has 1 fully saturated rings. The molecule has 1 unspecified atom stereocenters. The predicted octanol–water partition coefficient (Wildman–Crippen LogP) is 2.95. The molecule has 0 spiro atoms. The van der Waals surface area contributed by atoms with Crippen molar-refractivity contribution in [2.75, 3.05) is 0 Å². The quantitative estimate of drug-likeness (QED) is 0.908. The zero-order valence-electron chi connectivity index (χ0n) is 10.7. The number of amides is 1. The summed E-state index contributed by atoms with van der Waals surface area (Å²) in [6, 6.07) is 3.44. The summed E-state index contributed by atoms with van der Waals surface area (Å²) in [6.07, 6.45) is -1.70. The number of Topliss-reactive ketones (excluding diaryl/α,β-unsaturated/α-hetero) is 1. The maximum Gasteiger partial charge on any atom is 0.416 e. The molecule has 1 aromatic rings. The van der Waals surface area contributed by atoms with E-state index in [9.17, 15) is 22.8 Å². The lowest BCUT2D eigenvalue weighted by Gasteiger charge is -2.21. The molecule has 20 heavy (non-hydrogen) atoms. The van der Waals surface area contributed by atoms with E-state index in [4.69, 9.17) is 0 Å². The normalized spacial score (nSPS) is 19.8. The minimum absolute atomic E-state index is 0.0171. The highest BCUT2D eigenvalue weighted by Crippen LogP contribution is 2.29. The third-order valence-electron chi connectivity index (χ3n) is 3.33. The number of halogens is 3. The summed E-state index contributed by atoms with van der Waals surface area (Å²) < 4.78 is 37.2. The Hall–Kier alpha value is -1.85. The number of rotatable bonds is 2. The van der Waals surface area contributed by atoms with E-state index >= 15 is 0 Å². The van der Waals surface area contributed by atoms with Gasteiger partial charge in [-0.05, 0) is 37.1 Å². The second kappa shape index (κ2) is 5.64. The fourth-order valence-electron chi connectivity index (χ4n) is 2.19. The number of nitrogens with one attached hydrogen (secondary N) is 1. The number of alkyl halides is 3. The van der Waals surface area contributed by atoms with Gasteiger partial charge in [0, 0.05) is 12.0 Å². The van der Waals surface area contributed by atoms with E-state index in [1.807, 2.05) is 0 Å². The molecule has 0 aromatic heterocycles. The number of hydrogen-bond acceptors (Lipinski definition) is 2. The van der Waals surface area contributed by atoms with Crippen LogP contribution in [0.15, 0.2) is 24.3 Å². The van der Waals surface area contributed by atoms with Crippen LogP contribution in [0.4, 0.5) is 13.2 Å². The summed E-state index contributed by atoms with van der Waals surface area (Å²) in [7, 11) is 0. The second-order valence-corrected chi connectivity index (χ2v) is 4.81. The SMILES string of the molecule is O=C(NC1CCCCC1=O)c1ccc(C(F)(F)F)cc1. The van der Waals surface area contributed by atoms with Crippen LogP contribution in [-0.2, 0) is 11.0 Å². The number of hydrogen-bond donors (Lipinski definition) is 1. The Bertz CT molecular complexity index is 508. The third-order valence-corrected chi connectivity index (χ3v) is 3.33. The van der Waals surface area contributed by atoms with E-state index in [0.29, 0.717) is 12.8 Å². The molecule has 6 heteroatoms. The first-order valence-electron chi connectivity index (χ1n) is 6.39. The van der Waals surface area contributed by atoms with Crippen molar-refractivity contribution in [2.24, 2.45) is 0 Å². The molecule has 108 valence electrons. The lowest BCUT2D eigenvalue weighted by molar-refractivity contribution is -0.137. The average Bonchev–Trinajstić information content (AvgIpc) is 2.40.